The average molecular weight is 372 g/mol. The van der Waals surface area contributed by atoms with Crippen LogP contribution >= 0.6 is 11.3 Å². The third-order valence-corrected chi connectivity index (χ3v) is 5.24. The maximum Gasteiger partial charge on any atom is 0.410 e. The van der Waals surface area contributed by atoms with Gasteiger partial charge in [-0.3, -0.25) is 4.90 Å². The summed E-state index contributed by atoms with van der Waals surface area (Å²) in [6.07, 6.45) is 0.695. The molecule has 1 saturated heterocycles. The number of thiophene rings is 1. The zero-order valence-electron chi connectivity index (χ0n) is 15.8. The molecule has 0 unspecified atom stereocenters. The normalized spacial score (nSPS) is 15.9. The second-order valence-electron chi connectivity index (χ2n) is 7.52. The van der Waals surface area contributed by atoms with Crippen molar-refractivity contribution in [2.75, 3.05) is 26.2 Å². The molecule has 2 heterocycles. The predicted molar refractivity (Wildman–Crippen MR) is 107 cm³/mol. The molecule has 0 aliphatic carbocycles. The lowest BCUT2D eigenvalue weighted by Crippen LogP contribution is -2.49. The molecule has 0 saturated carbocycles. The zero-order valence-corrected chi connectivity index (χ0v) is 16.6. The highest BCUT2D eigenvalue weighted by atomic mass is 32.1. The van der Waals surface area contributed by atoms with E-state index >= 15 is 0 Å². The summed E-state index contributed by atoms with van der Waals surface area (Å²) in [6, 6.07) is 12.8. The van der Waals surface area contributed by atoms with Crippen LogP contribution in [-0.2, 0) is 11.2 Å². The fourth-order valence-electron chi connectivity index (χ4n) is 3.01. The fraction of sp³-hybridized carbons (Fsp3) is 0.429. The van der Waals surface area contributed by atoms with Gasteiger partial charge in [-0.2, -0.15) is 0 Å². The van der Waals surface area contributed by atoms with Gasteiger partial charge >= 0.3 is 6.09 Å². The molecule has 0 N–H and O–H groups in total. The maximum atomic E-state index is 12.2. The lowest BCUT2D eigenvalue weighted by Gasteiger charge is -2.35. The molecule has 26 heavy (non-hydrogen) atoms. The second kappa shape index (κ2) is 8.23. The molecule has 1 radical (unpaired) electrons. The molecular weight excluding hydrogens is 344 g/mol. The first-order chi connectivity index (χ1) is 12.4. The van der Waals surface area contributed by atoms with Crippen LogP contribution < -0.4 is 0 Å². The molecule has 3 rings (SSSR count). The molecule has 1 aliphatic heterocycles. The van der Waals surface area contributed by atoms with Crippen LogP contribution in [0.3, 0.4) is 0 Å². The number of ether oxygens (including phenoxy) is 1. The first-order valence-electron chi connectivity index (χ1n) is 9.09. The van der Waals surface area contributed by atoms with E-state index in [1.807, 2.05) is 20.8 Å². The van der Waals surface area contributed by atoms with E-state index in [2.05, 4.69) is 53.2 Å². The Morgan fingerprint density at radius 2 is 1.85 bits per heavy atom. The van der Waals surface area contributed by atoms with E-state index in [1.165, 1.54) is 16.0 Å². The molecule has 1 amide bonds. The van der Waals surface area contributed by atoms with E-state index in [0.29, 0.717) is 13.1 Å². The van der Waals surface area contributed by atoms with Crippen LogP contribution in [-0.4, -0.2) is 47.7 Å². The summed E-state index contributed by atoms with van der Waals surface area (Å²) in [5.41, 5.74) is 2.21. The van der Waals surface area contributed by atoms with Gasteiger partial charge in [0.1, 0.15) is 5.60 Å². The highest BCUT2D eigenvalue weighted by Gasteiger charge is 2.25. The zero-order chi connectivity index (χ0) is 18.6. The van der Waals surface area contributed by atoms with Crippen LogP contribution in [0, 0.1) is 6.54 Å². The predicted octanol–water partition coefficient (Wildman–Crippen LogP) is 4.67. The standard InChI is InChI=1S/C21H27N2O2S/c1-21(2,3)25-20(24)23-14-12-22(13-15-23)11-10-17-7-4-5-8-18(17)19-9-6-16-26-19/h4-9,11,16H,10,12-15H2,1-3H3. The number of rotatable bonds is 4. The average Bonchev–Trinajstić information content (AvgIpc) is 3.13. The molecule has 1 aliphatic rings. The van der Waals surface area contributed by atoms with Crippen molar-refractivity contribution in [3.63, 3.8) is 0 Å². The minimum atomic E-state index is -0.439. The number of carbonyl (C=O) groups is 1. The molecule has 1 aromatic carbocycles. The van der Waals surface area contributed by atoms with Gasteiger partial charge in [-0.1, -0.05) is 30.3 Å². The Bertz CT molecular complexity index is 714. The number of carbonyl (C=O) groups excluding carboxylic acids is 1. The second-order valence-corrected chi connectivity index (χ2v) is 8.47. The molecule has 139 valence electrons. The summed E-state index contributed by atoms with van der Waals surface area (Å²) in [6.45, 7) is 11.1. The summed E-state index contributed by atoms with van der Waals surface area (Å²) in [4.78, 5) is 17.6. The number of hydrogen-bond donors (Lipinski definition) is 0. The summed E-state index contributed by atoms with van der Waals surface area (Å²) < 4.78 is 5.46. The van der Waals surface area contributed by atoms with Crippen LogP contribution in [0.5, 0.6) is 0 Å². The van der Waals surface area contributed by atoms with E-state index in [9.17, 15) is 4.79 Å². The number of benzene rings is 1. The third-order valence-electron chi connectivity index (χ3n) is 4.34. The van der Waals surface area contributed by atoms with Crippen molar-refractivity contribution in [3.8, 4) is 10.4 Å². The quantitative estimate of drug-likeness (QED) is 0.783. The van der Waals surface area contributed by atoms with Gasteiger partial charge in [-0.25, -0.2) is 4.79 Å². The Hall–Kier alpha value is -1.85. The summed E-state index contributed by atoms with van der Waals surface area (Å²) in [5, 5.41) is 2.12. The van der Waals surface area contributed by atoms with Crippen molar-refractivity contribution in [2.45, 2.75) is 32.8 Å². The van der Waals surface area contributed by atoms with Crippen molar-refractivity contribution in [2.24, 2.45) is 0 Å². The third kappa shape index (κ3) is 5.08. The molecular formula is C21H27N2O2S. The minimum Gasteiger partial charge on any atom is -0.444 e. The van der Waals surface area contributed by atoms with E-state index in [1.54, 1.807) is 16.2 Å². The van der Waals surface area contributed by atoms with Gasteiger partial charge in [0.2, 0.25) is 0 Å². The number of amides is 1. The van der Waals surface area contributed by atoms with E-state index in [4.69, 9.17) is 4.74 Å². The van der Waals surface area contributed by atoms with E-state index in [-0.39, 0.29) is 6.09 Å². The van der Waals surface area contributed by atoms with Crippen LogP contribution in [0.25, 0.3) is 10.4 Å². The van der Waals surface area contributed by atoms with Crippen molar-refractivity contribution in [1.82, 2.24) is 9.80 Å². The fourth-order valence-corrected chi connectivity index (χ4v) is 3.80. The van der Waals surface area contributed by atoms with Gasteiger partial charge in [0.05, 0.1) is 0 Å². The lowest BCUT2D eigenvalue weighted by molar-refractivity contribution is 0.0165. The van der Waals surface area contributed by atoms with Crippen molar-refractivity contribution in [3.05, 3.63) is 53.9 Å². The maximum absolute atomic E-state index is 12.2. The Kier molecular flexibility index (Phi) is 5.99. The summed E-state index contributed by atoms with van der Waals surface area (Å²) in [5.74, 6) is 0. The number of piperazine rings is 1. The SMILES string of the molecule is CC(C)(C)OC(=O)N1CCN([CH]Cc2ccccc2-c2cccs2)CC1. The Labute approximate surface area is 160 Å². The highest BCUT2D eigenvalue weighted by Crippen LogP contribution is 2.28. The number of nitrogens with zero attached hydrogens (tertiary/aromatic N) is 2. The smallest absolute Gasteiger partial charge is 0.410 e. The summed E-state index contributed by atoms with van der Waals surface area (Å²) >= 11 is 1.77. The van der Waals surface area contributed by atoms with Gasteiger partial charge in [0.15, 0.2) is 0 Å². The first-order valence-corrected chi connectivity index (χ1v) is 9.97. The molecule has 0 atom stereocenters. The topological polar surface area (TPSA) is 32.8 Å². The van der Waals surface area contributed by atoms with Gasteiger partial charge in [0.25, 0.3) is 0 Å². The first kappa shape index (κ1) is 18.9. The molecule has 1 fully saturated rings. The largest absolute Gasteiger partial charge is 0.444 e. The molecule has 5 heteroatoms. The molecule has 0 spiro atoms. The Balaban J connectivity index is 1.51. The van der Waals surface area contributed by atoms with Crippen LogP contribution in [0.4, 0.5) is 4.79 Å². The lowest BCUT2D eigenvalue weighted by atomic mass is 10.0. The highest BCUT2D eigenvalue weighted by molar-refractivity contribution is 7.13. The van der Waals surface area contributed by atoms with E-state index < -0.39 is 5.60 Å². The van der Waals surface area contributed by atoms with Gasteiger partial charge < -0.3 is 9.64 Å². The van der Waals surface area contributed by atoms with Crippen molar-refractivity contribution in [1.29, 1.82) is 0 Å². The Morgan fingerprint density at radius 1 is 1.12 bits per heavy atom. The monoisotopic (exact) mass is 371 g/mol. The van der Waals surface area contributed by atoms with Crippen molar-refractivity contribution < 1.29 is 9.53 Å². The minimum absolute atomic E-state index is 0.208. The van der Waals surface area contributed by atoms with Crippen LogP contribution in [0.2, 0.25) is 0 Å². The molecule has 4 nitrogen and oxygen atoms in total. The van der Waals surface area contributed by atoms with Gasteiger partial charge in [0, 0.05) is 37.6 Å². The molecule has 1 aromatic heterocycles. The van der Waals surface area contributed by atoms with Gasteiger partial charge in [-0.15, -0.1) is 11.3 Å². The number of hydrogen-bond acceptors (Lipinski definition) is 4. The van der Waals surface area contributed by atoms with Crippen LogP contribution in [0.15, 0.2) is 41.8 Å². The van der Waals surface area contributed by atoms with Gasteiger partial charge in [-0.05, 0) is 49.8 Å². The Morgan fingerprint density at radius 3 is 2.50 bits per heavy atom. The molecule has 0 bridgehead atoms. The summed E-state index contributed by atoms with van der Waals surface area (Å²) in [7, 11) is 0. The molecule has 2 aromatic rings. The van der Waals surface area contributed by atoms with E-state index in [0.717, 1.165) is 19.5 Å². The van der Waals surface area contributed by atoms with Crippen molar-refractivity contribution >= 4 is 17.4 Å². The van der Waals surface area contributed by atoms with Crippen LogP contribution in [0.1, 0.15) is 26.3 Å².